The highest BCUT2D eigenvalue weighted by molar-refractivity contribution is 5.17. The average Bonchev–Trinajstić information content (AvgIpc) is 3.00. The van der Waals surface area contributed by atoms with Gasteiger partial charge in [-0.3, -0.25) is 0 Å². The number of hydrogen-bond acceptors (Lipinski definition) is 4. The standard InChI is InChI=1S/C14H20N4O/c1-11-7-12(19-17-11)9-18-10-16-8-13(18)14(2)3-5-15-6-4-14/h7-8,10,15H,3-6,9H2,1-2H3. The third-order valence-corrected chi connectivity index (χ3v) is 4.04. The zero-order chi connectivity index (χ0) is 13.3. The van der Waals surface area contributed by atoms with E-state index < -0.39 is 0 Å². The first-order chi connectivity index (χ1) is 9.17. The molecule has 2 aromatic heterocycles. The number of imidazole rings is 1. The minimum absolute atomic E-state index is 0.205. The lowest BCUT2D eigenvalue weighted by Crippen LogP contribution is -2.39. The van der Waals surface area contributed by atoms with Crippen molar-refractivity contribution in [2.24, 2.45) is 0 Å². The van der Waals surface area contributed by atoms with Gasteiger partial charge in [-0.2, -0.15) is 0 Å². The van der Waals surface area contributed by atoms with Gasteiger partial charge in [0.2, 0.25) is 0 Å². The van der Waals surface area contributed by atoms with Crippen molar-refractivity contribution in [1.29, 1.82) is 0 Å². The lowest BCUT2D eigenvalue weighted by Gasteiger charge is -2.34. The fourth-order valence-electron chi connectivity index (χ4n) is 2.84. The van der Waals surface area contributed by atoms with E-state index in [1.54, 1.807) is 0 Å². The van der Waals surface area contributed by atoms with E-state index in [4.69, 9.17) is 4.52 Å². The summed E-state index contributed by atoms with van der Waals surface area (Å²) in [4.78, 5) is 4.33. The van der Waals surface area contributed by atoms with E-state index in [2.05, 4.69) is 26.9 Å². The molecular formula is C14H20N4O. The van der Waals surface area contributed by atoms with Crippen LogP contribution in [0.3, 0.4) is 0 Å². The molecule has 1 saturated heterocycles. The van der Waals surface area contributed by atoms with Crippen LogP contribution in [0, 0.1) is 6.92 Å². The molecular weight excluding hydrogens is 240 g/mol. The van der Waals surface area contributed by atoms with Gasteiger partial charge < -0.3 is 14.4 Å². The molecule has 0 radical (unpaired) electrons. The Bertz CT molecular complexity index is 551. The molecule has 0 bridgehead atoms. The molecule has 0 atom stereocenters. The van der Waals surface area contributed by atoms with Crippen molar-refractivity contribution in [3.63, 3.8) is 0 Å². The van der Waals surface area contributed by atoms with Crippen LogP contribution in [0.25, 0.3) is 0 Å². The van der Waals surface area contributed by atoms with Crippen LogP contribution in [0.5, 0.6) is 0 Å². The molecule has 2 aromatic rings. The van der Waals surface area contributed by atoms with Crippen LogP contribution in [0.4, 0.5) is 0 Å². The van der Waals surface area contributed by atoms with Gasteiger partial charge in [0.05, 0.1) is 18.6 Å². The van der Waals surface area contributed by atoms with Gasteiger partial charge in [-0.1, -0.05) is 12.1 Å². The van der Waals surface area contributed by atoms with Crippen LogP contribution in [-0.4, -0.2) is 27.8 Å². The molecule has 1 N–H and O–H groups in total. The smallest absolute Gasteiger partial charge is 0.156 e. The van der Waals surface area contributed by atoms with Crippen molar-refractivity contribution in [1.82, 2.24) is 20.0 Å². The highest BCUT2D eigenvalue weighted by Gasteiger charge is 2.31. The Morgan fingerprint density at radius 2 is 2.21 bits per heavy atom. The topological polar surface area (TPSA) is 55.9 Å². The zero-order valence-corrected chi connectivity index (χ0v) is 11.5. The average molecular weight is 260 g/mol. The Morgan fingerprint density at radius 1 is 1.42 bits per heavy atom. The van der Waals surface area contributed by atoms with E-state index in [9.17, 15) is 0 Å². The summed E-state index contributed by atoms with van der Waals surface area (Å²) in [6, 6.07) is 1.98. The van der Waals surface area contributed by atoms with Crippen molar-refractivity contribution in [3.05, 3.63) is 35.7 Å². The predicted octanol–water partition coefficient (Wildman–Crippen LogP) is 1.87. The molecule has 5 nitrogen and oxygen atoms in total. The lowest BCUT2D eigenvalue weighted by molar-refractivity contribution is 0.312. The number of piperidine rings is 1. The van der Waals surface area contributed by atoms with E-state index in [0.717, 1.165) is 37.4 Å². The minimum atomic E-state index is 0.205. The fourth-order valence-corrected chi connectivity index (χ4v) is 2.84. The van der Waals surface area contributed by atoms with E-state index >= 15 is 0 Å². The van der Waals surface area contributed by atoms with E-state index in [1.165, 1.54) is 5.69 Å². The largest absolute Gasteiger partial charge is 0.359 e. The highest BCUT2D eigenvalue weighted by Crippen LogP contribution is 2.32. The van der Waals surface area contributed by atoms with Gasteiger partial charge in [0.25, 0.3) is 0 Å². The first-order valence-corrected chi connectivity index (χ1v) is 6.81. The summed E-state index contributed by atoms with van der Waals surface area (Å²) in [7, 11) is 0. The summed E-state index contributed by atoms with van der Waals surface area (Å²) in [5.74, 6) is 0.884. The second kappa shape index (κ2) is 4.81. The third kappa shape index (κ3) is 2.42. The monoisotopic (exact) mass is 260 g/mol. The van der Waals surface area contributed by atoms with E-state index in [-0.39, 0.29) is 5.41 Å². The number of nitrogens with one attached hydrogen (secondary N) is 1. The van der Waals surface area contributed by atoms with Crippen molar-refractivity contribution in [2.75, 3.05) is 13.1 Å². The third-order valence-electron chi connectivity index (χ3n) is 4.04. The molecule has 0 amide bonds. The molecule has 5 heteroatoms. The molecule has 1 aliphatic rings. The quantitative estimate of drug-likeness (QED) is 0.915. The molecule has 0 saturated carbocycles. The summed E-state index contributed by atoms with van der Waals surface area (Å²) < 4.78 is 7.49. The molecule has 3 rings (SSSR count). The summed E-state index contributed by atoms with van der Waals surface area (Å²) in [5, 5.41) is 7.35. The summed E-state index contributed by atoms with van der Waals surface area (Å²) in [5.41, 5.74) is 2.42. The molecule has 0 aromatic carbocycles. The Balaban J connectivity index is 1.85. The summed E-state index contributed by atoms with van der Waals surface area (Å²) >= 11 is 0. The normalized spacial score (nSPS) is 18.6. The molecule has 0 spiro atoms. The Hall–Kier alpha value is -1.62. The number of nitrogens with zero attached hydrogens (tertiary/aromatic N) is 3. The number of rotatable bonds is 3. The fraction of sp³-hybridized carbons (Fsp3) is 0.571. The molecule has 0 aliphatic carbocycles. The van der Waals surface area contributed by atoms with Gasteiger partial charge in [0.1, 0.15) is 0 Å². The number of aryl methyl sites for hydroxylation is 1. The van der Waals surface area contributed by atoms with Crippen LogP contribution in [0.15, 0.2) is 23.1 Å². The Morgan fingerprint density at radius 3 is 2.89 bits per heavy atom. The van der Waals surface area contributed by atoms with Crippen molar-refractivity contribution in [2.45, 2.75) is 38.6 Å². The molecule has 102 valence electrons. The van der Waals surface area contributed by atoms with Crippen molar-refractivity contribution < 1.29 is 4.52 Å². The van der Waals surface area contributed by atoms with Gasteiger partial charge >= 0.3 is 0 Å². The number of hydrogen-bond donors (Lipinski definition) is 1. The van der Waals surface area contributed by atoms with Gasteiger partial charge in [0, 0.05) is 23.4 Å². The second-order valence-electron chi connectivity index (χ2n) is 5.65. The van der Waals surface area contributed by atoms with Gasteiger partial charge in [-0.25, -0.2) is 4.98 Å². The Labute approximate surface area is 113 Å². The second-order valence-corrected chi connectivity index (χ2v) is 5.65. The maximum atomic E-state index is 5.30. The van der Waals surface area contributed by atoms with E-state index in [1.807, 2.05) is 25.5 Å². The van der Waals surface area contributed by atoms with Crippen molar-refractivity contribution in [3.8, 4) is 0 Å². The highest BCUT2D eigenvalue weighted by atomic mass is 16.5. The molecule has 1 aliphatic heterocycles. The van der Waals surface area contributed by atoms with Gasteiger partial charge in [-0.15, -0.1) is 0 Å². The van der Waals surface area contributed by atoms with Gasteiger partial charge in [0.15, 0.2) is 5.76 Å². The maximum absolute atomic E-state index is 5.30. The Kier molecular flexibility index (Phi) is 3.14. The SMILES string of the molecule is Cc1cc(Cn2cncc2C2(C)CCNCC2)on1. The minimum Gasteiger partial charge on any atom is -0.359 e. The molecule has 3 heterocycles. The predicted molar refractivity (Wildman–Crippen MR) is 72.0 cm³/mol. The molecule has 0 unspecified atom stereocenters. The van der Waals surface area contributed by atoms with Crippen LogP contribution in [-0.2, 0) is 12.0 Å². The summed E-state index contributed by atoms with van der Waals surface area (Å²) in [6.45, 7) is 7.12. The zero-order valence-electron chi connectivity index (χ0n) is 11.5. The van der Waals surface area contributed by atoms with Crippen LogP contribution >= 0.6 is 0 Å². The summed E-state index contributed by atoms with van der Waals surface area (Å²) in [6.07, 6.45) is 6.18. The van der Waals surface area contributed by atoms with Crippen molar-refractivity contribution >= 4 is 0 Å². The van der Waals surface area contributed by atoms with Crippen LogP contribution < -0.4 is 5.32 Å². The van der Waals surface area contributed by atoms with Crippen LogP contribution in [0.1, 0.15) is 36.9 Å². The molecule has 1 fully saturated rings. The number of aromatic nitrogens is 3. The van der Waals surface area contributed by atoms with Gasteiger partial charge in [-0.05, 0) is 32.9 Å². The maximum Gasteiger partial charge on any atom is 0.156 e. The first kappa shape index (κ1) is 12.4. The lowest BCUT2D eigenvalue weighted by atomic mass is 9.78. The van der Waals surface area contributed by atoms with Crippen LogP contribution in [0.2, 0.25) is 0 Å². The van der Waals surface area contributed by atoms with E-state index in [0.29, 0.717) is 6.54 Å². The molecule has 19 heavy (non-hydrogen) atoms. The first-order valence-electron chi connectivity index (χ1n) is 6.81.